The summed E-state index contributed by atoms with van der Waals surface area (Å²) in [5.41, 5.74) is 5.13. The Hall–Kier alpha value is -4.13. The summed E-state index contributed by atoms with van der Waals surface area (Å²) in [6.07, 6.45) is 3.37. The Labute approximate surface area is 216 Å². The lowest BCUT2D eigenvalue weighted by Gasteiger charge is -2.38. The second kappa shape index (κ2) is 9.39. The van der Waals surface area contributed by atoms with Gasteiger partial charge >= 0.3 is 0 Å². The fraction of sp³-hybridized carbons (Fsp3) is 0.300. The van der Waals surface area contributed by atoms with Crippen LogP contribution in [0.15, 0.2) is 60.8 Å². The molecule has 190 valence electrons. The van der Waals surface area contributed by atoms with Crippen LogP contribution in [0.4, 0.5) is 0 Å². The minimum Gasteiger partial charge on any atom is -0.493 e. The van der Waals surface area contributed by atoms with E-state index in [0.29, 0.717) is 24.5 Å². The Bertz CT molecular complexity index is 1490. The van der Waals surface area contributed by atoms with Gasteiger partial charge in [-0.05, 0) is 66.8 Å². The standard InChI is InChI=1S/C30H30N2O5/c1-4-31-17-23(21-7-5-6-8-24(21)31)30(33)32-12-11-20-15-27(34-2)28(35-3)16-22(20)25(32)13-19-9-10-26-29(14-19)37-18-36-26/h5-10,14-17,25H,4,11-13,18H2,1-3H3. The number of nitrogens with zero attached hydrogens (tertiary/aromatic N) is 2. The fourth-order valence-electron chi connectivity index (χ4n) is 5.62. The molecule has 0 N–H and O–H groups in total. The third kappa shape index (κ3) is 3.95. The van der Waals surface area contributed by atoms with Crippen LogP contribution in [0.1, 0.15) is 40.0 Å². The van der Waals surface area contributed by atoms with Gasteiger partial charge in [0.1, 0.15) is 0 Å². The SMILES string of the molecule is CCn1cc(C(=O)N2CCc3cc(OC)c(OC)cc3C2Cc2ccc3c(c2)OCO3)c2ccccc21. The Balaban J connectivity index is 1.44. The molecule has 6 rings (SSSR count). The summed E-state index contributed by atoms with van der Waals surface area (Å²) in [6, 6.07) is 18.0. The zero-order chi connectivity index (χ0) is 25.5. The number of aromatic nitrogens is 1. The number of hydrogen-bond donors (Lipinski definition) is 0. The number of methoxy groups -OCH3 is 2. The van der Waals surface area contributed by atoms with E-state index in [-0.39, 0.29) is 18.7 Å². The minimum atomic E-state index is -0.180. The quantitative estimate of drug-likeness (QED) is 0.357. The van der Waals surface area contributed by atoms with Crippen molar-refractivity contribution >= 4 is 16.8 Å². The van der Waals surface area contributed by atoms with Crippen molar-refractivity contribution in [3.8, 4) is 23.0 Å². The Morgan fingerprint density at radius 2 is 1.78 bits per heavy atom. The molecule has 37 heavy (non-hydrogen) atoms. The van der Waals surface area contributed by atoms with Crippen LogP contribution in [-0.4, -0.2) is 42.9 Å². The third-order valence-corrected chi connectivity index (χ3v) is 7.49. The molecule has 7 nitrogen and oxygen atoms in total. The molecule has 0 saturated heterocycles. The highest BCUT2D eigenvalue weighted by atomic mass is 16.7. The molecule has 1 aromatic heterocycles. The van der Waals surface area contributed by atoms with Gasteiger partial charge in [-0.3, -0.25) is 4.79 Å². The van der Waals surface area contributed by atoms with Crippen LogP contribution < -0.4 is 18.9 Å². The summed E-state index contributed by atoms with van der Waals surface area (Å²) in [6.45, 7) is 3.74. The number of carbonyl (C=O) groups excluding carboxylic acids is 1. The molecular weight excluding hydrogens is 468 g/mol. The van der Waals surface area contributed by atoms with E-state index in [1.54, 1.807) is 14.2 Å². The highest BCUT2D eigenvalue weighted by Crippen LogP contribution is 2.42. The van der Waals surface area contributed by atoms with Gasteiger partial charge in [0, 0.05) is 30.2 Å². The van der Waals surface area contributed by atoms with E-state index < -0.39 is 0 Å². The maximum Gasteiger partial charge on any atom is 0.256 e. The highest BCUT2D eigenvalue weighted by Gasteiger charge is 2.34. The molecule has 7 heteroatoms. The molecule has 0 aliphatic carbocycles. The molecule has 0 spiro atoms. The van der Waals surface area contributed by atoms with Crippen molar-refractivity contribution in [1.82, 2.24) is 9.47 Å². The molecule has 2 aliphatic rings. The van der Waals surface area contributed by atoms with Crippen molar-refractivity contribution in [3.63, 3.8) is 0 Å². The molecule has 1 unspecified atom stereocenters. The molecule has 4 aromatic rings. The molecule has 1 atom stereocenters. The van der Waals surface area contributed by atoms with Crippen molar-refractivity contribution in [2.75, 3.05) is 27.6 Å². The van der Waals surface area contributed by atoms with Crippen molar-refractivity contribution in [2.45, 2.75) is 32.4 Å². The van der Waals surface area contributed by atoms with Gasteiger partial charge in [0.05, 0.1) is 25.8 Å². The van der Waals surface area contributed by atoms with E-state index in [1.807, 2.05) is 59.6 Å². The van der Waals surface area contributed by atoms with E-state index >= 15 is 0 Å². The van der Waals surface area contributed by atoms with E-state index in [2.05, 4.69) is 17.6 Å². The Morgan fingerprint density at radius 3 is 2.59 bits per heavy atom. The predicted octanol–water partition coefficient (Wildman–Crippen LogP) is 5.39. The summed E-state index contributed by atoms with van der Waals surface area (Å²) in [4.78, 5) is 16.2. The largest absolute Gasteiger partial charge is 0.493 e. The van der Waals surface area contributed by atoms with Gasteiger partial charge in [-0.25, -0.2) is 0 Å². The minimum absolute atomic E-state index is 0.0366. The van der Waals surface area contributed by atoms with Crippen LogP contribution in [0, 0.1) is 0 Å². The lowest BCUT2D eigenvalue weighted by Crippen LogP contribution is -2.41. The van der Waals surface area contributed by atoms with E-state index in [1.165, 1.54) is 5.56 Å². The number of amides is 1. The number of benzene rings is 3. The molecule has 3 aromatic carbocycles. The van der Waals surface area contributed by atoms with Gasteiger partial charge < -0.3 is 28.4 Å². The van der Waals surface area contributed by atoms with Crippen molar-refractivity contribution < 1.29 is 23.7 Å². The summed E-state index contributed by atoms with van der Waals surface area (Å²) < 4.78 is 24.5. The number of carbonyl (C=O) groups is 1. The zero-order valence-electron chi connectivity index (χ0n) is 21.3. The first-order chi connectivity index (χ1) is 18.1. The lowest BCUT2D eigenvalue weighted by molar-refractivity contribution is 0.0661. The number of ether oxygens (including phenoxy) is 4. The maximum absolute atomic E-state index is 14.2. The third-order valence-electron chi connectivity index (χ3n) is 7.49. The van der Waals surface area contributed by atoms with Gasteiger partial charge in [-0.15, -0.1) is 0 Å². The van der Waals surface area contributed by atoms with Gasteiger partial charge in [0.15, 0.2) is 23.0 Å². The van der Waals surface area contributed by atoms with Gasteiger partial charge in [0.2, 0.25) is 6.79 Å². The predicted molar refractivity (Wildman–Crippen MR) is 141 cm³/mol. The van der Waals surface area contributed by atoms with Crippen LogP contribution in [-0.2, 0) is 19.4 Å². The second-order valence-corrected chi connectivity index (χ2v) is 9.41. The first-order valence-electron chi connectivity index (χ1n) is 12.6. The molecule has 0 radical (unpaired) electrons. The number of rotatable bonds is 6. The second-order valence-electron chi connectivity index (χ2n) is 9.41. The topological polar surface area (TPSA) is 62.2 Å². The smallest absolute Gasteiger partial charge is 0.256 e. The number of fused-ring (bicyclic) bond motifs is 3. The van der Waals surface area contributed by atoms with Crippen LogP contribution in [0.25, 0.3) is 10.9 Å². The number of para-hydroxylation sites is 1. The molecule has 2 aliphatic heterocycles. The molecule has 0 saturated carbocycles. The van der Waals surface area contributed by atoms with Crippen LogP contribution >= 0.6 is 0 Å². The van der Waals surface area contributed by atoms with Crippen LogP contribution in [0.3, 0.4) is 0 Å². The molecule has 1 amide bonds. The van der Waals surface area contributed by atoms with E-state index in [4.69, 9.17) is 18.9 Å². The molecule has 0 fully saturated rings. The normalized spacial score (nSPS) is 16.1. The average molecular weight is 499 g/mol. The maximum atomic E-state index is 14.2. The summed E-state index contributed by atoms with van der Waals surface area (Å²) in [7, 11) is 3.29. The zero-order valence-corrected chi connectivity index (χ0v) is 21.3. The summed E-state index contributed by atoms with van der Waals surface area (Å²) in [5, 5.41) is 0.981. The number of hydrogen-bond acceptors (Lipinski definition) is 5. The molecular formula is C30H30N2O5. The van der Waals surface area contributed by atoms with E-state index in [9.17, 15) is 4.79 Å². The monoisotopic (exact) mass is 498 g/mol. The first kappa shape index (κ1) is 23.3. The molecule has 0 bridgehead atoms. The van der Waals surface area contributed by atoms with Crippen LogP contribution in [0.2, 0.25) is 0 Å². The van der Waals surface area contributed by atoms with Crippen molar-refractivity contribution in [1.29, 1.82) is 0 Å². The number of aryl methyl sites for hydroxylation is 1. The van der Waals surface area contributed by atoms with Crippen molar-refractivity contribution in [3.05, 3.63) is 83.0 Å². The molecule has 3 heterocycles. The lowest BCUT2D eigenvalue weighted by atomic mass is 9.87. The van der Waals surface area contributed by atoms with Crippen molar-refractivity contribution in [2.24, 2.45) is 0 Å². The van der Waals surface area contributed by atoms with Gasteiger partial charge in [0.25, 0.3) is 5.91 Å². The van der Waals surface area contributed by atoms with Gasteiger partial charge in [-0.1, -0.05) is 24.3 Å². The summed E-state index contributed by atoms with van der Waals surface area (Å²) >= 11 is 0. The van der Waals surface area contributed by atoms with Gasteiger partial charge in [-0.2, -0.15) is 0 Å². The Kier molecular flexibility index (Phi) is 5.91. The Morgan fingerprint density at radius 1 is 1.00 bits per heavy atom. The average Bonchev–Trinajstić information content (AvgIpc) is 3.56. The van der Waals surface area contributed by atoms with Crippen LogP contribution in [0.5, 0.6) is 23.0 Å². The summed E-state index contributed by atoms with van der Waals surface area (Å²) in [5.74, 6) is 2.89. The van der Waals surface area contributed by atoms with E-state index in [0.717, 1.165) is 52.1 Å². The highest BCUT2D eigenvalue weighted by molar-refractivity contribution is 6.07. The fourth-order valence-corrected chi connectivity index (χ4v) is 5.62. The first-order valence-corrected chi connectivity index (χ1v) is 12.6.